The van der Waals surface area contributed by atoms with E-state index in [9.17, 15) is 13.2 Å². The smallest absolute Gasteiger partial charge is 0.340 e. The summed E-state index contributed by atoms with van der Waals surface area (Å²) in [5, 5.41) is 4.52. The maximum atomic E-state index is 12.5. The van der Waals surface area contributed by atoms with E-state index in [0.717, 1.165) is 29.2 Å². The summed E-state index contributed by atoms with van der Waals surface area (Å²) in [7, 11) is -3.08. The van der Waals surface area contributed by atoms with E-state index in [1.165, 1.54) is 6.26 Å². The Labute approximate surface area is 227 Å². The van der Waals surface area contributed by atoms with E-state index in [4.69, 9.17) is 20.2 Å². The first-order valence-electron chi connectivity index (χ1n) is 13.3. The van der Waals surface area contributed by atoms with Crippen LogP contribution in [-0.2, 0) is 14.6 Å². The molecule has 39 heavy (non-hydrogen) atoms. The summed E-state index contributed by atoms with van der Waals surface area (Å²) in [4.78, 5) is 26.4. The predicted octanol–water partition coefficient (Wildman–Crippen LogP) is 4.19. The number of aromatic nitrogens is 3. The van der Waals surface area contributed by atoms with Crippen LogP contribution in [0.1, 0.15) is 80.0 Å². The summed E-state index contributed by atoms with van der Waals surface area (Å²) in [5.41, 5.74) is 8.03. The fourth-order valence-electron chi connectivity index (χ4n) is 5.28. The van der Waals surface area contributed by atoms with Gasteiger partial charge in [-0.2, -0.15) is 0 Å². The highest BCUT2D eigenvalue weighted by molar-refractivity contribution is 7.91. The van der Waals surface area contributed by atoms with Crippen molar-refractivity contribution in [1.29, 1.82) is 0 Å². The van der Waals surface area contributed by atoms with E-state index in [2.05, 4.69) is 15.3 Å². The fraction of sp³-hybridized carbons (Fsp3) is 0.500. The van der Waals surface area contributed by atoms with Gasteiger partial charge in [-0.15, -0.1) is 0 Å². The molecular formula is C28H33N5O5S. The van der Waals surface area contributed by atoms with Crippen molar-refractivity contribution >= 4 is 38.2 Å². The van der Waals surface area contributed by atoms with Crippen molar-refractivity contribution in [3.8, 4) is 5.88 Å². The van der Waals surface area contributed by atoms with Gasteiger partial charge in [0.25, 0.3) is 0 Å². The van der Waals surface area contributed by atoms with Crippen LogP contribution >= 0.6 is 0 Å². The molecule has 2 aliphatic carbocycles. The quantitative estimate of drug-likeness (QED) is 0.410. The van der Waals surface area contributed by atoms with Crippen LogP contribution in [-0.4, -0.2) is 52.5 Å². The Morgan fingerprint density at radius 2 is 1.87 bits per heavy atom. The first-order chi connectivity index (χ1) is 18.4. The highest BCUT2D eigenvalue weighted by atomic mass is 32.2. The maximum Gasteiger partial charge on any atom is 0.340 e. The molecule has 2 atom stereocenters. The normalized spacial score (nSPS) is 24.8. The average molecular weight is 552 g/mol. The molecule has 2 fully saturated rings. The minimum Gasteiger partial charge on any atom is -0.474 e. The molecule has 0 unspecified atom stereocenters. The number of rotatable bonds is 7. The first-order valence-corrected chi connectivity index (χ1v) is 15.3. The standard InChI is InChI=1S/C28H33N5O5S/c1-14-25-18(27(34)38-28(14,2)3)7-8-22(33-25)32-23-11-19-20(24(29)15-5-6-15)12-31-26(21(19)13-30-23)37-16-9-17(10-16)39(4,35)36/h7-8,11-17,24H,5-6,9-10,29H2,1-4H3,(H,30,32,33)/t14-,16-,17+,24+/m1/s1. The second-order valence-electron chi connectivity index (χ2n) is 11.6. The van der Waals surface area contributed by atoms with Gasteiger partial charge in [-0.05, 0) is 61.8 Å². The lowest BCUT2D eigenvalue weighted by molar-refractivity contribution is -0.0189. The van der Waals surface area contributed by atoms with Crippen molar-refractivity contribution in [2.45, 2.75) is 75.4 Å². The topological polar surface area (TPSA) is 146 Å². The Hall–Kier alpha value is -3.31. The van der Waals surface area contributed by atoms with Gasteiger partial charge in [-0.1, -0.05) is 6.92 Å². The van der Waals surface area contributed by atoms with E-state index >= 15 is 0 Å². The van der Waals surface area contributed by atoms with Crippen molar-refractivity contribution in [2.24, 2.45) is 11.7 Å². The number of cyclic esters (lactones) is 1. The second-order valence-corrected chi connectivity index (χ2v) is 14.0. The highest BCUT2D eigenvalue weighted by Crippen LogP contribution is 2.43. The molecule has 0 bridgehead atoms. The zero-order chi connectivity index (χ0) is 27.7. The number of sulfone groups is 1. The largest absolute Gasteiger partial charge is 0.474 e. The third-order valence-corrected chi connectivity index (χ3v) is 10.00. The number of nitrogens with one attached hydrogen (secondary N) is 1. The molecule has 0 aromatic carbocycles. The number of nitrogens with zero attached hydrogens (tertiary/aromatic N) is 3. The number of esters is 1. The zero-order valence-electron chi connectivity index (χ0n) is 22.5. The molecule has 4 heterocycles. The molecule has 3 aromatic rings. The lowest BCUT2D eigenvalue weighted by Crippen LogP contribution is -2.42. The first kappa shape index (κ1) is 25.9. The maximum absolute atomic E-state index is 12.5. The van der Waals surface area contributed by atoms with Gasteiger partial charge in [-0.3, -0.25) is 0 Å². The van der Waals surface area contributed by atoms with Crippen molar-refractivity contribution in [3.05, 3.63) is 47.4 Å². The summed E-state index contributed by atoms with van der Waals surface area (Å²) in [6, 6.07) is 5.24. The summed E-state index contributed by atoms with van der Waals surface area (Å²) < 4.78 is 35.3. The molecule has 0 saturated heterocycles. The van der Waals surface area contributed by atoms with Crippen LogP contribution in [0.25, 0.3) is 10.8 Å². The zero-order valence-corrected chi connectivity index (χ0v) is 23.3. The van der Waals surface area contributed by atoms with Gasteiger partial charge >= 0.3 is 5.97 Å². The lowest BCUT2D eigenvalue weighted by atomic mass is 9.84. The van der Waals surface area contributed by atoms with E-state index in [0.29, 0.717) is 47.5 Å². The van der Waals surface area contributed by atoms with Gasteiger partial charge < -0.3 is 20.5 Å². The van der Waals surface area contributed by atoms with Gasteiger partial charge in [-0.25, -0.2) is 28.2 Å². The van der Waals surface area contributed by atoms with Gasteiger partial charge in [0, 0.05) is 43.5 Å². The Bertz CT molecular complexity index is 1580. The molecule has 1 aliphatic heterocycles. The highest BCUT2D eigenvalue weighted by Gasteiger charge is 2.41. The molecule has 0 amide bonds. The van der Waals surface area contributed by atoms with Gasteiger partial charge in [0.1, 0.15) is 23.3 Å². The Balaban J connectivity index is 1.32. The Kier molecular flexibility index (Phi) is 6.07. The molecule has 3 aliphatic rings. The van der Waals surface area contributed by atoms with Crippen LogP contribution < -0.4 is 15.8 Å². The molecule has 11 heteroatoms. The fourth-order valence-corrected chi connectivity index (χ4v) is 6.41. The van der Waals surface area contributed by atoms with E-state index in [1.807, 2.05) is 26.8 Å². The van der Waals surface area contributed by atoms with E-state index in [-0.39, 0.29) is 29.3 Å². The van der Waals surface area contributed by atoms with E-state index < -0.39 is 15.4 Å². The minimum absolute atomic E-state index is 0.0840. The third-order valence-electron chi connectivity index (χ3n) is 8.40. The molecule has 3 N–H and O–H groups in total. The minimum atomic E-state index is -3.08. The summed E-state index contributed by atoms with van der Waals surface area (Å²) >= 11 is 0. The van der Waals surface area contributed by atoms with Gasteiger partial charge in [0.15, 0.2) is 9.84 Å². The molecule has 6 rings (SSSR count). The summed E-state index contributed by atoms with van der Waals surface area (Å²) in [6.45, 7) is 5.76. The monoisotopic (exact) mass is 551 g/mol. The van der Waals surface area contributed by atoms with E-state index in [1.54, 1.807) is 24.5 Å². The predicted molar refractivity (Wildman–Crippen MR) is 147 cm³/mol. The third kappa shape index (κ3) is 4.82. The van der Waals surface area contributed by atoms with Gasteiger partial charge in [0.05, 0.1) is 21.9 Å². The van der Waals surface area contributed by atoms with Crippen molar-refractivity contribution in [1.82, 2.24) is 15.0 Å². The van der Waals surface area contributed by atoms with Crippen molar-refractivity contribution in [2.75, 3.05) is 11.6 Å². The number of carbonyl (C=O) groups is 1. The molecule has 206 valence electrons. The summed E-state index contributed by atoms with van der Waals surface area (Å²) in [6.07, 6.45) is 7.60. The Morgan fingerprint density at radius 1 is 1.13 bits per heavy atom. The molecule has 10 nitrogen and oxygen atoms in total. The van der Waals surface area contributed by atoms with Crippen LogP contribution in [0, 0.1) is 5.92 Å². The summed E-state index contributed by atoms with van der Waals surface area (Å²) in [5.74, 6) is 1.53. The van der Waals surface area contributed by atoms with Crippen LogP contribution in [0.3, 0.4) is 0 Å². The molecule has 0 radical (unpaired) electrons. The second kappa shape index (κ2) is 9.12. The van der Waals surface area contributed by atoms with Crippen molar-refractivity contribution in [3.63, 3.8) is 0 Å². The van der Waals surface area contributed by atoms with Crippen LogP contribution in [0.15, 0.2) is 30.6 Å². The number of pyridine rings is 3. The number of hydrogen-bond acceptors (Lipinski definition) is 10. The molecule has 0 spiro atoms. The van der Waals surface area contributed by atoms with Gasteiger partial charge in [0.2, 0.25) is 5.88 Å². The van der Waals surface area contributed by atoms with Crippen LogP contribution in [0.5, 0.6) is 5.88 Å². The SMILES string of the molecule is C[C@@H]1c2nc(Nc3cc4c([C@@H](N)C5CC5)cnc(O[C@H]5C[C@@H](S(C)(=O)=O)C5)c4cn3)ccc2C(=O)OC1(C)C. The van der Waals surface area contributed by atoms with Crippen LogP contribution in [0.2, 0.25) is 0 Å². The molecular weight excluding hydrogens is 518 g/mol. The molecule has 2 saturated carbocycles. The lowest BCUT2D eigenvalue weighted by Gasteiger charge is -2.36. The number of anilines is 2. The number of hydrogen-bond donors (Lipinski definition) is 2. The average Bonchev–Trinajstić information content (AvgIpc) is 3.68. The number of nitrogens with two attached hydrogens (primary N) is 1. The number of ether oxygens (including phenoxy) is 2. The van der Waals surface area contributed by atoms with Crippen LogP contribution in [0.4, 0.5) is 11.6 Å². The number of fused-ring (bicyclic) bond motifs is 2. The molecule has 3 aromatic heterocycles. The number of carbonyl (C=O) groups excluding carboxylic acids is 1. The van der Waals surface area contributed by atoms with Crippen molar-refractivity contribution < 1.29 is 22.7 Å². The Morgan fingerprint density at radius 3 is 2.56 bits per heavy atom.